The first-order chi connectivity index (χ1) is 13.2. The fourth-order valence-electron chi connectivity index (χ4n) is 3.58. The molecule has 2 N–H and O–H groups in total. The van der Waals surface area contributed by atoms with Crippen LogP contribution in [0.3, 0.4) is 0 Å². The third-order valence-electron chi connectivity index (χ3n) is 5.10. The van der Waals surface area contributed by atoms with Gasteiger partial charge < -0.3 is 25.0 Å². The highest BCUT2D eigenvalue weighted by molar-refractivity contribution is 5.94. The summed E-state index contributed by atoms with van der Waals surface area (Å²) in [6, 6.07) is 7.22. The van der Waals surface area contributed by atoms with Gasteiger partial charge in [0.25, 0.3) is 5.91 Å². The minimum Gasteiger partial charge on any atom is -0.490 e. The minimum atomic E-state index is -0.137. The Balaban J connectivity index is 1.48. The van der Waals surface area contributed by atoms with Crippen LogP contribution in [0.25, 0.3) is 0 Å². The van der Waals surface area contributed by atoms with Crippen molar-refractivity contribution in [3.63, 3.8) is 0 Å². The highest BCUT2D eigenvalue weighted by atomic mass is 16.5. The van der Waals surface area contributed by atoms with Gasteiger partial charge in [-0.05, 0) is 37.6 Å². The van der Waals surface area contributed by atoms with Crippen molar-refractivity contribution in [3.8, 4) is 5.75 Å². The Labute approximate surface area is 160 Å². The smallest absolute Gasteiger partial charge is 0.251 e. The van der Waals surface area contributed by atoms with Gasteiger partial charge >= 0.3 is 0 Å². The van der Waals surface area contributed by atoms with Crippen LogP contribution in [0.5, 0.6) is 5.75 Å². The van der Waals surface area contributed by atoms with E-state index in [2.05, 4.69) is 10.6 Å². The number of piperidine rings is 1. The van der Waals surface area contributed by atoms with Gasteiger partial charge in [0.1, 0.15) is 11.9 Å². The lowest BCUT2D eigenvalue weighted by molar-refractivity contribution is -0.134. The van der Waals surface area contributed by atoms with Crippen LogP contribution < -0.4 is 15.4 Å². The fraction of sp³-hybridized carbons (Fsp3) is 0.600. The van der Waals surface area contributed by atoms with Gasteiger partial charge in [-0.1, -0.05) is 6.07 Å². The molecule has 7 nitrogen and oxygen atoms in total. The van der Waals surface area contributed by atoms with Crippen molar-refractivity contribution < 1.29 is 19.1 Å². The fourth-order valence-corrected chi connectivity index (χ4v) is 3.58. The Bertz CT molecular complexity index is 638. The average Bonchev–Trinajstić information content (AvgIpc) is 3.23. The lowest BCUT2D eigenvalue weighted by atomic mass is 10.1. The van der Waals surface area contributed by atoms with E-state index in [-0.39, 0.29) is 24.0 Å². The van der Waals surface area contributed by atoms with Gasteiger partial charge in [0, 0.05) is 45.1 Å². The molecule has 0 radical (unpaired) electrons. The van der Waals surface area contributed by atoms with Crippen molar-refractivity contribution in [2.75, 3.05) is 39.9 Å². The van der Waals surface area contributed by atoms with E-state index in [4.69, 9.17) is 9.47 Å². The van der Waals surface area contributed by atoms with Crippen molar-refractivity contribution in [1.82, 2.24) is 15.5 Å². The van der Waals surface area contributed by atoms with Gasteiger partial charge in [-0.3, -0.25) is 9.59 Å². The molecule has 0 saturated carbocycles. The van der Waals surface area contributed by atoms with Gasteiger partial charge in [0.05, 0.1) is 12.6 Å². The number of ether oxygens (including phenoxy) is 2. The standard InChI is InChI=1S/C20H29N3O4/c1-26-13-10-22-19(24)15-4-2-5-17(14-15)27-16-7-11-23(12-8-16)20(25)18-6-3-9-21-18/h2,4-5,14,16,18,21H,3,6-13H2,1H3,(H,22,24). The lowest BCUT2D eigenvalue weighted by Gasteiger charge is -2.33. The average molecular weight is 375 g/mol. The van der Waals surface area contributed by atoms with Gasteiger partial charge in [-0.25, -0.2) is 0 Å². The molecule has 0 aliphatic carbocycles. The topological polar surface area (TPSA) is 79.9 Å². The van der Waals surface area contributed by atoms with Crippen LogP contribution in [0.4, 0.5) is 0 Å². The molecule has 2 amide bonds. The monoisotopic (exact) mass is 375 g/mol. The largest absolute Gasteiger partial charge is 0.490 e. The molecular formula is C20H29N3O4. The SMILES string of the molecule is COCCNC(=O)c1cccc(OC2CCN(C(=O)C3CCCN3)CC2)c1. The van der Waals surface area contributed by atoms with Crippen LogP contribution in [-0.4, -0.2) is 68.8 Å². The zero-order valence-corrected chi connectivity index (χ0v) is 15.9. The molecule has 27 heavy (non-hydrogen) atoms. The molecule has 2 saturated heterocycles. The molecule has 3 rings (SSSR count). The molecule has 148 valence electrons. The lowest BCUT2D eigenvalue weighted by Crippen LogP contribution is -2.48. The van der Waals surface area contributed by atoms with Crippen molar-refractivity contribution in [2.24, 2.45) is 0 Å². The molecule has 2 aliphatic heterocycles. The Morgan fingerprint density at radius 1 is 1.26 bits per heavy atom. The first-order valence-electron chi connectivity index (χ1n) is 9.73. The normalized spacial score (nSPS) is 20.5. The molecule has 2 aliphatic rings. The van der Waals surface area contributed by atoms with E-state index in [1.165, 1.54) is 0 Å². The van der Waals surface area contributed by atoms with E-state index in [1.807, 2.05) is 17.0 Å². The molecule has 7 heteroatoms. The van der Waals surface area contributed by atoms with Crippen LogP contribution in [0.1, 0.15) is 36.0 Å². The summed E-state index contributed by atoms with van der Waals surface area (Å²) in [5, 5.41) is 6.08. The number of benzene rings is 1. The highest BCUT2D eigenvalue weighted by Crippen LogP contribution is 2.21. The highest BCUT2D eigenvalue weighted by Gasteiger charge is 2.30. The molecule has 1 aromatic rings. The van der Waals surface area contributed by atoms with Crippen LogP contribution in [0.2, 0.25) is 0 Å². The first kappa shape index (κ1) is 19.6. The van der Waals surface area contributed by atoms with Crippen LogP contribution in [-0.2, 0) is 9.53 Å². The summed E-state index contributed by atoms with van der Waals surface area (Å²) in [5.74, 6) is 0.777. The number of rotatable bonds is 7. The number of hydrogen-bond acceptors (Lipinski definition) is 5. The van der Waals surface area contributed by atoms with Gasteiger partial charge in [0.2, 0.25) is 5.91 Å². The maximum atomic E-state index is 12.5. The Morgan fingerprint density at radius 3 is 2.78 bits per heavy atom. The van der Waals surface area contributed by atoms with Crippen molar-refractivity contribution in [1.29, 1.82) is 0 Å². The third kappa shape index (κ3) is 5.43. The molecule has 1 atom stereocenters. The summed E-state index contributed by atoms with van der Waals surface area (Å²) in [6.45, 7) is 3.33. The number of carbonyl (C=O) groups excluding carboxylic acids is 2. The Morgan fingerprint density at radius 2 is 2.07 bits per heavy atom. The second kappa shape index (κ2) is 9.71. The van der Waals surface area contributed by atoms with Crippen LogP contribution in [0.15, 0.2) is 24.3 Å². The molecule has 2 heterocycles. The van der Waals surface area contributed by atoms with E-state index in [9.17, 15) is 9.59 Å². The summed E-state index contributed by atoms with van der Waals surface area (Å²) in [4.78, 5) is 26.5. The molecular weight excluding hydrogens is 346 g/mol. The zero-order chi connectivity index (χ0) is 19.1. The van der Waals surface area contributed by atoms with E-state index >= 15 is 0 Å². The van der Waals surface area contributed by atoms with Gasteiger partial charge in [-0.15, -0.1) is 0 Å². The maximum absolute atomic E-state index is 12.5. The first-order valence-corrected chi connectivity index (χ1v) is 9.73. The number of hydrogen-bond donors (Lipinski definition) is 2. The Hall–Kier alpha value is -2.12. The van der Waals surface area contributed by atoms with Gasteiger partial charge in [-0.2, -0.15) is 0 Å². The van der Waals surface area contributed by atoms with E-state index in [1.54, 1.807) is 19.2 Å². The molecule has 0 bridgehead atoms. The summed E-state index contributed by atoms with van der Waals surface area (Å²) in [5.41, 5.74) is 0.573. The second-order valence-corrected chi connectivity index (χ2v) is 7.07. The minimum absolute atomic E-state index is 0.00392. The molecule has 0 aromatic heterocycles. The molecule has 1 aromatic carbocycles. The number of likely N-dealkylation sites (tertiary alicyclic amines) is 1. The predicted octanol–water partition coefficient (Wildman–Crippen LogP) is 1.18. The number of nitrogens with one attached hydrogen (secondary N) is 2. The third-order valence-corrected chi connectivity index (χ3v) is 5.10. The van der Waals surface area contributed by atoms with E-state index < -0.39 is 0 Å². The predicted molar refractivity (Wildman–Crippen MR) is 102 cm³/mol. The summed E-state index contributed by atoms with van der Waals surface area (Å²) in [7, 11) is 1.60. The van der Waals surface area contributed by atoms with Crippen LogP contribution >= 0.6 is 0 Å². The molecule has 2 fully saturated rings. The summed E-state index contributed by atoms with van der Waals surface area (Å²) >= 11 is 0. The van der Waals surface area contributed by atoms with E-state index in [0.717, 1.165) is 45.3 Å². The number of methoxy groups -OCH3 is 1. The van der Waals surface area contributed by atoms with E-state index in [0.29, 0.717) is 24.5 Å². The number of carbonyl (C=O) groups is 2. The quantitative estimate of drug-likeness (QED) is 0.700. The zero-order valence-electron chi connectivity index (χ0n) is 15.9. The maximum Gasteiger partial charge on any atom is 0.251 e. The van der Waals surface area contributed by atoms with Crippen molar-refractivity contribution in [2.45, 2.75) is 37.8 Å². The summed E-state index contributed by atoms with van der Waals surface area (Å²) < 4.78 is 11.0. The summed E-state index contributed by atoms with van der Waals surface area (Å²) in [6.07, 6.45) is 3.70. The molecule has 1 unspecified atom stereocenters. The van der Waals surface area contributed by atoms with Crippen molar-refractivity contribution in [3.05, 3.63) is 29.8 Å². The van der Waals surface area contributed by atoms with Gasteiger partial charge in [0.15, 0.2) is 0 Å². The second-order valence-electron chi connectivity index (χ2n) is 7.07. The number of amides is 2. The number of nitrogens with zero attached hydrogens (tertiary/aromatic N) is 1. The van der Waals surface area contributed by atoms with Crippen LogP contribution in [0, 0.1) is 0 Å². The Kier molecular flexibility index (Phi) is 7.06. The van der Waals surface area contributed by atoms with Crippen molar-refractivity contribution >= 4 is 11.8 Å². The molecule has 0 spiro atoms.